The number of hydrogen-bond donors (Lipinski definition) is 0. The number of hydrogen-bond acceptors (Lipinski definition) is 3. The Morgan fingerprint density at radius 2 is 2.60 bits per heavy atom. The van der Waals surface area contributed by atoms with Crippen LogP contribution in [0.1, 0.15) is 21.6 Å². The third-order valence-corrected chi connectivity index (χ3v) is 1.71. The molecular formula is C7H5NOS. The first kappa shape index (κ1) is 6.97. The van der Waals surface area contributed by atoms with E-state index in [0.717, 1.165) is 11.2 Å². The van der Waals surface area contributed by atoms with Crippen LogP contribution in [-0.2, 0) is 0 Å². The highest BCUT2D eigenvalue weighted by Gasteiger charge is 1.94. The summed E-state index contributed by atoms with van der Waals surface area (Å²) >= 11 is 1.30. The van der Waals surface area contributed by atoms with Crippen LogP contribution in [0.3, 0.4) is 0 Å². The molecule has 1 heterocycles. The topological polar surface area (TPSA) is 30.0 Å². The molecule has 0 amide bonds. The van der Waals surface area contributed by atoms with Gasteiger partial charge in [-0.15, -0.1) is 17.3 Å². The molecule has 0 unspecified atom stereocenters. The maximum Gasteiger partial charge on any atom is 0.178 e. The average Bonchev–Trinajstić information content (AvgIpc) is 2.37. The van der Waals surface area contributed by atoms with Crippen molar-refractivity contribution in [1.82, 2.24) is 4.98 Å². The lowest BCUT2D eigenvalue weighted by molar-refractivity contribution is 0.112. The Bertz CT molecular complexity index is 292. The monoisotopic (exact) mass is 151 g/mol. The zero-order chi connectivity index (χ0) is 7.40. The molecule has 0 aliphatic heterocycles. The highest BCUT2D eigenvalue weighted by molar-refractivity contribution is 7.13. The second-order valence-electron chi connectivity index (χ2n) is 1.56. The van der Waals surface area contributed by atoms with E-state index in [1.165, 1.54) is 11.3 Å². The molecule has 0 aliphatic rings. The van der Waals surface area contributed by atoms with Crippen LogP contribution in [0.15, 0.2) is 6.20 Å². The summed E-state index contributed by atoms with van der Waals surface area (Å²) in [5.74, 6) is 5.54. The minimum atomic E-state index is 0.484. The summed E-state index contributed by atoms with van der Waals surface area (Å²) in [4.78, 5) is 14.8. The fourth-order valence-corrected chi connectivity index (χ4v) is 1.16. The molecule has 0 spiro atoms. The first-order valence-corrected chi connectivity index (χ1v) is 3.52. The zero-order valence-electron chi connectivity index (χ0n) is 5.42. The minimum absolute atomic E-state index is 0.484. The molecule has 1 aromatic heterocycles. The van der Waals surface area contributed by atoms with Crippen molar-refractivity contribution < 1.29 is 4.79 Å². The summed E-state index contributed by atoms with van der Waals surface area (Å²) in [7, 11) is 0. The van der Waals surface area contributed by atoms with E-state index in [1.807, 2.05) is 0 Å². The molecule has 0 radical (unpaired) electrons. The average molecular weight is 151 g/mol. The van der Waals surface area contributed by atoms with Crippen molar-refractivity contribution in [1.29, 1.82) is 0 Å². The van der Waals surface area contributed by atoms with Crippen LogP contribution in [0.2, 0.25) is 0 Å². The smallest absolute Gasteiger partial charge is 0.178 e. The van der Waals surface area contributed by atoms with Crippen LogP contribution < -0.4 is 0 Å². The van der Waals surface area contributed by atoms with Crippen molar-refractivity contribution in [3.05, 3.63) is 16.1 Å². The van der Waals surface area contributed by atoms with Crippen LogP contribution in [0.4, 0.5) is 0 Å². The van der Waals surface area contributed by atoms with Gasteiger partial charge in [-0.2, -0.15) is 0 Å². The van der Waals surface area contributed by atoms with Crippen LogP contribution >= 0.6 is 11.3 Å². The summed E-state index contributed by atoms with van der Waals surface area (Å²) in [6.45, 7) is 1.75. The molecule has 3 heteroatoms. The Hall–Kier alpha value is -1.14. The first-order chi connectivity index (χ1) is 4.86. The summed E-state index contributed by atoms with van der Waals surface area (Å²) in [5.41, 5.74) is 0. The van der Waals surface area contributed by atoms with Gasteiger partial charge < -0.3 is 0 Å². The van der Waals surface area contributed by atoms with E-state index in [2.05, 4.69) is 16.8 Å². The van der Waals surface area contributed by atoms with Gasteiger partial charge in [0.2, 0.25) is 0 Å². The van der Waals surface area contributed by atoms with E-state index in [0.29, 0.717) is 5.01 Å². The first-order valence-electron chi connectivity index (χ1n) is 2.70. The molecule has 50 valence electrons. The zero-order valence-corrected chi connectivity index (χ0v) is 6.23. The second kappa shape index (κ2) is 3.14. The van der Waals surface area contributed by atoms with Gasteiger partial charge in [-0.1, -0.05) is 5.92 Å². The van der Waals surface area contributed by atoms with Crippen molar-refractivity contribution >= 4 is 17.6 Å². The third-order valence-electron chi connectivity index (χ3n) is 0.873. The molecule has 0 aliphatic carbocycles. The van der Waals surface area contributed by atoms with E-state index in [4.69, 9.17) is 0 Å². The minimum Gasteiger partial charge on any atom is -0.295 e. The molecule has 10 heavy (non-hydrogen) atoms. The summed E-state index contributed by atoms with van der Waals surface area (Å²) in [6, 6.07) is 0. The lowest BCUT2D eigenvalue weighted by atomic mass is 10.5. The lowest BCUT2D eigenvalue weighted by Crippen LogP contribution is -1.69. The largest absolute Gasteiger partial charge is 0.295 e. The van der Waals surface area contributed by atoms with Gasteiger partial charge in [0.25, 0.3) is 0 Å². The van der Waals surface area contributed by atoms with E-state index < -0.39 is 0 Å². The number of carbonyl (C=O) groups excluding carboxylic acids is 1. The molecular weight excluding hydrogens is 146 g/mol. The molecule has 0 fully saturated rings. The number of aldehydes is 1. The fourth-order valence-electron chi connectivity index (χ4n) is 0.523. The summed E-state index contributed by atoms with van der Waals surface area (Å²) in [6.07, 6.45) is 2.33. The Morgan fingerprint density at radius 3 is 3.10 bits per heavy atom. The van der Waals surface area contributed by atoms with Gasteiger partial charge in [0.1, 0.15) is 0 Å². The van der Waals surface area contributed by atoms with Gasteiger partial charge in [0, 0.05) is 0 Å². The van der Waals surface area contributed by atoms with Crippen LogP contribution in [0.25, 0.3) is 0 Å². The Labute approximate surface area is 62.9 Å². The van der Waals surface area contributed by atoms with E-state index in [-0.39, 0.29) is 0 Å². The highest BCUT2D eigenvalue weighted by Crippen LogP contribution is 2.08. The van der Waals surface area contributed by atoms with E-state index >= 15 is 0 Å². The normalized spacial score (nSPS) is 8.10. The van der Waals surface area contributed by atoms with Crippen LogP contribution in [0.5, 0.6) is 0 Å². The number of nitrogens with zero attached hydrogens (tertiary/aromatic N) is 1. The summed E-state index contributed by atoms with van der Waals surface area (Å²) < 4.78 is 0. The number of rotatable bonds is 1. The summed E-state index contributed by atoms with van der Waals surface area (Å²) in [5, 5.41) is 0.484. The van der Waals surface area contributed by atoms with Gasteiger partial charge >= 0.3 is 0 Å². The molecule has 0 saturated heterocycles. The predicted molar refractivity (Wildman–Crippen MR) is 40.1 cm³/mol. The second-order valence-corrected chi connectivity index (χ2v) is 2.62. The highest BCUT2D eigenvalue weighted by atomic mass is 32.1. The van der Waals surface area contributed by atoms with Crippen molar-refractivity contribution in [2.24, 2.45) is 0 Å². The predicted octanol–water partition coefficient (Wildman–Crippen LogP) is 1.33. The molecule has 0 N–H and O–H groups in total. The number of thiazole rings is 1. The van der Waals surface area contributed by atoms with Gasteiger partial charge in [-0.3, -0.25) is 4.79 Å². The van der Waals surface area contributed by atoms with Crippen LogP contribution in [-0.4, -0.2) is 11.3 Å². The molecule has 1 aromatic rings. The van der Waals surface area contributed by atoms with Crippen molar-refractivity contribution in [2.75, 3.05) is 0 Å². The van der Waals surface area contributed by atoms with Crippen molar-refractivity contribution in [3.8, 4) is 11.8 Å². The van der Waals surface area contributed by atoms with E-state index in [9.17, 15) is 4.79 Å². The molecule has 1 rings (SSSR count). The van der Waals surface area contributed by atoms with Crippen molar-refractivity contribution in [3.63, 3.8) is 0 Å². The maximum absolute atomic E-state index is 10.1. The molecule has 0 atom stereocenters. The van der Waals surface area contributed by atoms with Gasteiger partial charge in [-0.05, 0) is 6.92 Å². The van der Waals surface area contributed by atoms with Gasteiger partial charge in [0.15, 0.2) is 11.3 Å². The van der Waals surface area contributed by atoms with Gasteiger partial charge in [0.05, 0.1) is 11.1 Å². The van der Waals surface area contributed by atoms with Crippen molar-refractivity contribution in [2.45, 2.75) is 6.92 Å². The van der Waals surface area contributed by atoms with E-state index in [1.54, 1.807) is 13.1 Å². The Balaban J connectivity index is 2.95. The quantitative estimate of drug-likeness (QED) is 0.447. The third kappa shape index (κ3) is 1.42. The SMILES string of the molecule is CC#Cc1cnc(C=O)s1. The molecule has 0 bridgehead atoms. The number of aromatic nitrogens is 1. The molecule has 0 aromatic carbocycles. The molecule has 2 nitrogen and oxygen atoms in total. The maximum atomic E-state index is 10.1. The Kier molecular flexibility index (Phi) is 2.19. The van der Waals surface area contributed by atoms with Gasteiger partial charge in [-0.25, -0.2) is 4.98 Å². The van der Waals surface area contributed by atoms with Crippen LogP contribution in [0, 0.1) is 11.8 Å². The number of carbonyl (C=O) groups is 1. The Morgan fingerprint density at radius 1 is 1.80 bits per heavy atom. The standard InChI is InChI=1S/C7H5NOS/c1-2-3-6-4-8-7(5-9)10-6/h4-5H,1H3. The fraction of sp³-hybridized carbons (Fsp3) is 0.143. The molecule has 0 saturated carbocycles. The lowest BCUT2D eigenvalue weighted by Gasteiger charge is -1.70.